The summed E-state index contributed by atoms with van der Waals surface area (Å²) >= 11 is 0. The molecule has 2 amide bonds. The van der Waals surface area contributed by atoms with Crippen molar-refractivity contribution in [2.45, 2.75) is 39.2 Å². The molecule has 0 saturated carbocycles. The smallest absolute Gasteiger partial charge is 0.319 e. The third-order valence-electron chi connectivity index (χ3n) is 3.15. The van der Waals surface area contributed by atoms with E-state index in [1.807, 2.05) is 40.9 Å². The van der Waals surface area contributed by atoms with Gasteiger partial charge in [0.2, 0.25) is 0 Å². The Morgan fingerprint density at radius 1 is 1.23 bits per heavy atom. The van der Waals surface area contributed by atoms with E-state index in [0.29, 0.717) is 5.69 Å². The van der Waals surface area contributed by atoms with Crippen molar-refractivity contribution >= 4 is 11.7 Å². The fourth-order valence-electron chi connectivity index (χ4n) is 1.89. The highest BCUT2D eigenvalue weighted by atomic mass is 16.2. The van der Waals surface area contributed by atoms with Crippen LogP contribution in [0.4, 0.5) is 10.5 Å². The summed E-state index contributed by atoms with van der Waals surface area (Å²) in [5.41, 5.74) is 1.39. The Morgan fingerprint density at radius 2 is 1.86 bits per heavy atom. The lowest BCUT2D eigenvalue weighted by Gasteiger charge is -2.16. The lowest BCUT2D eigenvalue weighted by Crippen LogP contribution is -2.31. The summed E-state index contributed by atoms with van der Waals surface area (Å²) in [6, 6.07) is -0.438. The molecule has 2 N–H and O–H groups in total. The second-order valence-corrected chi connectivity index (χ2v) is 6.31. The van der Waals surface area contributed by atoms with E-state index < -0.39 is 0 Å². The van der Waals surface area contributed by atoms with Crippen LogP contribution in [-0.4, -0.2) is 25.8 Å². The van der Waals surface area contributed by atoms with E-state index in [1.54, 1.807) is 23.3 Å². The zero-order valence-electron chi connectivity index (χ0n) is 13.6. The average molecular weight is 302 g/mol. The molecular weight excluding hydrogens is 280 g/mol. The highest BCUT2D eigenvalue weighted by Crippen LogP contribution is 2.18. The molecule has 22 heavy (non-hydrogen) atoms. The summed E-state index contributed by atoms with van der Waals surface area (Å²) in [7, 11) is 1.84. The average Bonchev–Trinajstić information content (AvgIpc) is 2.85. The largest absolute Gasteiger partial charge is 0.331 e. The van der Waals surface area contributed by atoms with Crippen molar-refractivity contribution in [3.8, 4) is 0 Å². The van der Waals surface area contributed by atoms with E-state index >= 15 is 0 Å². The maximum atomic E-state index is 12.0. The van der Waals surface area contributed by atoms with Gasteiger partial charge in [-0.1, -0.05) is 20.8 Å². The molecule has 0 radical (unpaired) electrons. The molecule has 7 heteroatoms. The van der Waals surface area contributed by atoms with Crippen LogP contribution in [0.25, 0.3) is 0 Å². The van der Waals surface area contributed by atoms with Gasteiger partial charge in [-0.05, 0) is 6.92 Å². The van der Waals surface area contributed by atoms with Crippen molar-refractivity contribution in [1.29, 1.82) is 0 Å². The van der Waals surface area contributed by atoms with Gasteiger partial charge in [-0.3, -0.25) is 4.68 Å². The number of nitrogens with zero attached hydrogens (tertiary/aromatic N) is 4. The van der Waals surface area contributed by atoms with Crippen LogP contribution in [0, 0.1) is 0 Å². The Balaban J connectivity index is 1.94. The molecule has 7 nitrogen and oxygen atoms in total. The highest BCUT2D eigenvalue weighted by Gasteiger charge is 2.17. The lowest BCUT2D eigenvalue weighted by molar-refractivity contribution is 0.249. The molecule has 0 aliphatic carbocycles. The summed E-state index contributed by atoms with van der Waals surface area (Å²) in [5, 5.41) is 9.66. The van der Waals surface area contributed by atoms with Crippen molar-refractivity contribution in [3.63, 3.8) is 0 Å². The molecule has 1 atom stereocenters. The molecule has 0 aromatic carbocycles. The van der Waals surface area contributed by atoms with Crippen molar-refractivity contribution in [2.24, 2.45) is 7.05 Å². The Bertz CT molecular complexity index is 641. The zero-order valence-corrected chi connectivity index (χ0v) is 13.6. The van der Waals surface area contributed by atoms with E-state index in [1.165, 1.54) is 0 Å². The first-order valence-electron chi connectivity index (χ1n) is 7.14. The number of aryl methyl sites for hydroxylation is 1. The minimum absolute atomic E-state index is 0.115. The molecule has 2 aromatic rings. The first-order chi connectivity index (χ1) is 10.3. The molecule has 0 unspecified atom stereocenters. The fraction of sp³-hybridized carbons (Fsp3) is 0.467. The van der Waals surface area contributed by atoms with Gasteiger partial charge in [0.15, 0.2) is 0 Å². The molecule has 0 spiro atoms. The van der Waals surface area contributed by atoms with E-state index in [2.05, 4.69) is 25.7 Å². The normalized spacial score (nSPS) is 12.8. The van der Waals surface area contributed by atoms with E-state index in [9.17, 15) is 4.79 Å². The first kappa shape index (κ1) is 15.9. The predicted molar refractivity (Wildman–Crippen MR) is 84.5 cm³/mol. The Kier molecular flexibility index (Phi) is 4.44. The van der Waals surface area contributed by atoms with Gasteiger partial charge in [0.25, 0.3) is 0 Å². The van der Waals surface area contributed by atoms with Gasteiger partial charge < -0.3 is 10.6 Å². The Morgan fingerprint density at radius 3 is 2.36 bits per heavy atom. The van der Waals surface area contributed by atoms with Gasteiger partial charge in [-0.15, -0.1) is 0 Å². The van der Waals surface area contributed by atoms with E-state index in [0.717, 1.165) is 11.4 Å². The Labute approximate surface area is 130 Å². The van der Waals surface area contributed by atoms with Gasteiger partial charge in [0.1, 0.15) is 5.82 Å². The van der Waals surface area contributed by atoms with E-state index in [4.69, 9.17) is 0 Å². The second kappa shape index (κ2) is 6.13. The van der Waals surface area contributed by atoms with Crippen LogP contribution < -0.4 is 10.6 Å². The van der Waals surface area contributed by atoms with Crippen LogP contribution in [0.5, 0.6) is 0 Å². The SMILES string of the molecule is C[C@H](NC(=O)Nc1cnc(C(C)(C)C)nc1)c1cnn(C)c1. The summed E-state index contributed by atoms with van der Waals surface area (Å²) < 4.78 is 1.70. The quantitative estimate of drug-likeness (QED) is 0.911. The maximum Gasteiger partial charge on any atom is 0.319 e. The minimum atomic E-state index is -0.302. The van der Waals surface area contributed by atoms with Crippen LogP contribution in [0.3, 0.4) is 0 Å². The summed E-state index contributed by atoms with van der Waals surface area (Å²) in [6.45, 7) is 8.02. The number of aromatic nitrogens is 4. The highest BCUT2D eigenvalue weighted by molar-refractivity contribution is 5.89. The topological polar surface area (TPSA) is 84.7 Å². The summed E-state index contributed by atoms with van der Waals surface area (Å²) in [4.78, 5) is 20.5. The Hall–Kier alpha value is -2.44. The monoisotopic (exact) mass is 302 g/mol. The molecule has 0 bridgehead atoms. The van der Waals surface area contributed by atoms with Crippen LogP contribution in [0.1, 0.15) is 45.1 Å². The molecule has 0 fully saturated rings. The molecule has 118 valence electrons. The van der Waals surface area contributed by atoms with Crippen molar-refractivity contribution < 1.29 is 4.79 Å². The number of amides is 2. The number of carbonyl (C=O) groups is 1. The van der Waals surface area contributed by atoms with Crippen molar-refractivity contribution in [3.05, 3.63) is 36.2 Å². The third kappa shape index (κ3) is 4.03. The number of carbonyl (C=O) groups excluding carboxylic acids is 1. The first-order valence-corrected chi connectivity index (χ1v) is 7.14. The maximum absolute atomic E-state index is 12.0. The number of hydrogen-bond donors (Lipinski definition) is 2. The number of urea groups is 1. The van der Waals surface area contributed by atoms with Crippen LogP contribution in [-0.2, 0) is 12.5 Å². The standard InChI is InChI=1S/C15H22N6O/c1-10(11-6-18-21(5)9-11)19-14(22)20-12-7-16-13(17-8-12)15(2,3)4/h6-10H,1-5H3,(H2,19,20,22)/t10-/m0/s1. The molecule has 0 saturated heterocycles. The lowest BCUT2D eigenvalue weighted by atomic mass is 9.96. The number of anilines is 1. The summed E-state index contributed by atoms with van der Waals surface area (Å²) in [5.74, 6) is 0.738. The van der Waals surface area contributed by atoms with Crippen LogP contribution >= 0.6 is 0 Å². The predicted octanol–water partition coefficient (Wildman–Crippen LogP) is 2.39. The minimum Gasteiger partial charge on any atom is -0.331 e. The fourth-order valence-corrected chi connectivity index (χ4v) is 1.89. The van der Waals surface area contributed by atoms with Gasteiger partial charge in [0.05, 0.1) is 30.3 Å². The van der Waals surface area contributed by atoms with Gasteiger partial charge in [-0.2, -0.15) is 5.10 Å². The molecular formula is C15H22N6O. The molecule has 2 aromatic heterocycles. The molecule has 2 rings (SSSR count). The second-order valence-electron chi connectivity index (χ2n) is 6.31. The zero-order chi connectivity index (χ0) is 16.3. The molecule has 0 aliphatic heterocycles. The molecule has 0 aliphatic rings. The van der Waals surface area contributed by atoms with Gasteiger partial charge >= 0.3 is 6.03 Å². The van der Waals surface area contributed by atoms with Crippen LogP contribution in [0.2, 0.25) is 0 Å². The van der Waals surface area contributed by atoms with Crippen molar-refractivity contribution in [2.75, 3.05) is 5.32 Å². The van der Waals surface area contributed by atoms with Gasteiger partial charge in [0, 0.05) is 24.2 Å². The number of hydrogen-bond acceptors (Lipinski definition) is 4. The van der Waals surface area contributed by atoms with Crippen molar-refractivity contribution in [1.82, 2.24) is 25.1 Å². The van der Waals surface area contributed by atoms with Crippen LogP contribution in [0.15, 0.2) is 24.8 Å². The number of nitrogens with one attached hydrogen (secondary N) is 2. The molecule has 2 heterocycles. The third-order valence-corrected chi connectivity index (χ3v) is 3.15. The number of rotatable bonds is 3. The van der Waals surface area contributed by atoms with E-state index in [-0.39, 0.29) is 17.5 Å². The van der Waals surface area contributed by atoms with Gasteiger partial charge in [-0.25, -0.2) is 14.8 Å². The summed E-state index contributed by atoms with van der Waals surface area (Å²) in [6.07, 6.45) is 6.82.